The van der Waals surface area contributed by atoms with Crippen LogP contribution in [0.4, 0.5) is 0 Å². The number of carbonyl (C=O) groups is 2. The molecular formula is C9H14O2. The van der Waals surface area contributed by atoms with Gasteiger partial charge in [0.1, 0.15) is 11.6 Å². The molecule has 2 heteroatoms. The predicted octanol–water partition coefficient (Wildman–Crippen LogP) is 1.72. The minimum absolute atomic E-state index is 0.0717. The first-order valence-corrected chi connectivity index (χ1v) is 4.28. The normalized spacial score (nSPS) is 24.1. The van der Waals surface area contributed by atoms with E-state index in [-0.39, 0.29) is 11.7 Å². The molecule has 1 saturated carbocycles. The third-order valence-corrected chi connectivity index (χ3v) is 2.30. The summed E-state index contributed by atoms with van der Waals surface area (Å²) in [6, 6.07) is 0. The molecule has 62 valence electrons. The Morgan fingerprint density at radius 2 is 2.36 bits per heavy atom. The molecule has 1 fully saturated rings. The predicted molar refractivity (Wildman–Crippen MR) is 42.3 cm³/mol. The standard InChI is InChI=1S/C9H14O2/c1-2-8(10)6-7-4-3-5-9(7)11/h7H,2-6H2,1H3. The zero-order chi connectivity index (χ0) is 8.27. The van der Waals surface area contributed by atoms with Crippen LogP contribution in [0.5, 0.6) is 0 Å². The quantitative estimate of drug-likeness (QED) is 0.620. The van der Waals surface area contributed by atoms with Gasteiger partial charge in [-0.3, -0.25) is 9.59 Å². The van der Waals surface area contributed by atoms with Crippen molar-refractivity contribution in [3.8, 4) is 0 Å². The first-order chi connectivity index (χ1) is 5.24. The monoisotopic (exact) mass is 154 g/mol. The molecule has 0 aromatic carbocycles. The van der Waals surface area contributed by atoms with Crippen molar-refractivity contribution in [1.82, 2.24) is 0 Å². The lowest BCUT2D eigenvalue weighted by atomic mass is 9.99. The van der Waals surface area contributed by atoms with E-state index in [1.807, 2.05) is 6.92 Å². The van der Waals surface area contributed by atoms with Crippen molar-refractivity contribution in [3.63, 3.8) is 0 Å². The van der Waals surface area contributed by atoms with E-state index in [1.165, 1.54) is 0 Å². The molecule has 0 N–H and O–H groups in total. The molecule has 0 heterocycles. The summed E-state index contributed by atoms with van der Waals surface area (Å²) < 4.78 is 0. The molecule has 2 nitrogen and oxygen atoms in total. The van der Waals surface area contributed by atoms with Crippen molar-refractivity contribution in [2.75, 3.05) is 0 Å². The summed E-state index contributed by atoms with van der Waals surface area (Å²) in [4.78, 5) is 22.0. The van der Waals surface area contributed by atoms with Gasteiger partial charge in [-0.1, -0.05) is 6.92 Å². The average molecular weight is 154 g/mol. The Balaban J connectivity index is 2.36. The van der Waals surface area contributed by atoms with Crippen LogP contribution in [0.2, 0.25) is 0 Å². The maximum Gasteiger partial charge on any atom is 0.136 e. The first-order valence-electron chi connectivity index (χ1n) is 4.28. The van der Waals surface area contributed by atoms with Crippen LogP contribution in [0.15, 0.2) is 0 Å². The topological polar surface area (TPSA) is 34.1 Å². The largest absolute Gasteiger partial charge is 0.300 e. The number of hydrogen-bond donors (Lipinski definition) is 0. The molecule has 0 aromatic heterocycles. The van der Waals surface area contributed by atoms with Gasteiger partial charge in [0.2, 0.25) is 0 Å². The average Bonchev–Trinajstić information content (AvgIpc) is 2.37. The van der Waals surface area contributed by atoms with Gasteiger partial charge >= 0.3 is 0 Å². The van der Waals surface area contributed by atoms with E-state index in [9.17, 15) is 9.59 Å². The van der Waals surface area contributed by atoms with Gasteiger partial charge in [-0.15, -0.1) is 0 Å². The van der Waals surface area contributed by atoms with Crippen molar-refractivity contribution in [2.45, 2.75) is 39.0 Å². The number of rotatable bonds is 3. The molecule has 1 unspecified atom stereocenters. The SMILES string of the molecule is CCC(=O)CC1CCCC1=O. The molecule has 0 aromatic rings. The van der Waals surface area contributed by atoms with Gasteiger partial charge in [-0.2, -0.15) is 0 Å². The molecule has 1 atom stereocenters. The summed E-state index contributed by atoms with van der Waals surface area (Å²) in [5, 5.41) is 0. The summed E-state index contributed by atoms with van der Waals surface area (Å²) in [5.41, 5.74) is 0. The maximum atomic E-state index is 11.1. The van der Waals surface area contributed by atoms with Crippen LogP contribution in [0.3, 0.4) is 0 Å². The molecule has 0 radical (unpaired) electrons. The zero-order valence-corrected chi connectivity index (χ0v) is 6.93. The Morgan fingerprint density at radius 3 is 2.82 bits per heavy atom. The van der Waals surface area contributed by atoms with Gasteiger partial charge in [-0.05, 0) is 12.8 Å². The zero-order valence-electron chi connectivity index (χ0n) is 6.93. The summed E-state index contributed by atoms with van der Waals surface area (Å²) in [5.74, 6) is 0.597. The summed E-state index contributed by atoms with van der Waals surface area (Å²) in [6.07, 6.45) is 3.69. The van der Waals surface area contributed by atoms with Crippen LogP contribution < -0.4 is 0 Å². The first kappa shape index (κ1) is 8.44. The minimum atomic E-state index is 0.0717. The van der Waals surface area contributed by atoms with Crippen molar-refractivity contribution in [2.24, 2.45) is 5.92 Å². The summed E-state index contributed by atoms with van der Waals surface area (Å²) >= 11 is 0. The third kappa shape index (κ3) is 2.14. The molecule has 0 bridgehead atoms. The molecule has 1 rings (SSSR count). The van der Waals surface area contributed by atoms with Crippen LogP contribution in [0.1, 0.15) is 39.0 Å². The second kappa shape index (κ2) is 3.65. The van der Waals surface area contributed by atoms with Gasteiger partial charge in [0.25, 0.3) is 0 Å². The Morgan fingerprint density at radius 1 is 1.64 bits per heavy atom. The number of ketones is 2. The number of Topliss-reactive ketones (excluding diaryl/α,β-unsaturated/α-hetero) is 2. The van der Waals surface area contributed by atoms with Gasteiger partial charge in [0, 0.05) is 25.2 Å². The highest BCUT2D eigenvalue weighted by atomic mass is 16.1. The lowest BCUT2D eigenvalue weighted by molar-refractivity contribution is -0.126. The van der Waals surface area contributed by atoms with E-state index < -0.39 is 0 Å². The fraction of sp³-hybridized carbons (Fsp3) is 0.778. The van der Waals surface area contributed by atoms with Gasteiger partial charge in [0.05, 0.1) is 0 Å². The van der Waals surface area contributed by atoms with Crippen molar-refractivity contribution < 1.29 is 9.59 Å². The maximum absolute atomic E-state index is 11.1. The van der Waals surface area contributed by atoms with Gasteiger partial charge in [0.15, 0.2) is 0 Å². The van der Waals surface area contributed by atoms with E-state index in [0.29, 0.717) is 25.0 Å². The number of carbonyl (C=O) groups excluding carboxylic acids is 2. The summed E-state index contributed by atoms with van der Waals surface area (Å²) in [6.45, 7) is 1.85. The highest BCUT2D eigenvalue weighted by Crippen LogP contribution is 2.24. The molecule has 0 spiro atoms. The van der Waals surface area contributed by atoms with Crippen LogP contribution in [0.25, 0.3) is 0 Å². The van der Waals surface area contributed by atoms with Crippen molar-refractivity contribution in [3.05, 3.63) is 0 Å². The smallest absolute Gasteiger partial charge is 0.136 e. The van der Waals surface area contributed by atoms with E-state index in [2.05, 4.69) is 0 Å². The van der Waals surface area contributed by atoms with Crippen LogP contribution in [-0.2, 0) is 9.59 Å². The lowest BCUT2D eigenvalue weighted by Crippen LogP contribution is -2.11. The highest BCUT2D eigenvalue weighted by molar-refractivity contribution is 5.89. The van der Waals surface area contributed by atoms with Crippen molar-refractivity contribution in [1.29, 1.82) is 0 Å². The molecule has 0 aliphatic heterocycles. The lowest BCUT2D eigenvalue weighted by Gasteiger charge is -2.03. The Kier molecular flexibility index (Phi) is 2.80. The van der Waals surface area contributed by atoms with Gasteiger partial charge in [-0.25, -0.2) is 0 Å². The highest BCUT2D eigenvalue weighted by Gasteiger charge is 2.25. The Bertz CT molecular complexity index is 172. The summed E-state index contributed by atoms with van der Waals surface area (Å²) in [7, 11) is 0. The minimum Gasteiger partial charge on any atom is -0.300 e. The fourth-order valence-electron chi connectivity index (χ4n) is 1.52. The molecular weight excluding hydrogens is 140 g/mol. The fourth-order valence-corrected chi connectivity index (χ4v) is 1.52. The van der Waals surface area contributed by atoms with E-state index in [0.717, 1.165) is 12.8 Å². The molecule has 11 heavy (non-hydrogen) atoms. The third-order valence-electron chi connectivity index (χ3n) is 2.30. The second-order valence-corrected chi connectivity index (χ2v) is 3.15. The molecule has 1 aliphatic rings. The molecule has 0 amide bonds. The van der Waals surface area contributed by atoms with Crippen LogP contribution >= 0.6 is 0 Å². The Hall–Kier alpha value is -0.660. The van der Waals surface area contributed by atoms with Gasteiger partial charge < -0.3 is 0 Å². The molecule has 1 aliphatic carbocycles. The Labute approximate surface area is 67.0 Å². The van der Waals surface area contributed by atoms with E-state index >= 15 is 0 Å². The van der Waals surface area contributed by atoms with E-state index in [1.54, 1.807) is 0 Å². The van der Waals surface area contributed by atoms with Crippen molar-refractivity contribution >= 4 is 11.6 Å². The second-order valence-electron chi connectivity index (χ2n) is 3.15. The van der Waals surface area contributed by atoms with Crippen LogP contribution in [0, 0.1) is 5.92 Å². The molecule has 0 saturated heterocycles. The number of hydrogen-bond acceptors (Lipinski definition) is 2. The van der Waals surface area contributed by atoms with E-state index in [4.69, 9.17) is 0 Å². The van der Waals surface area contributed by atoms with Crippen LogP contribution in [-0.4, -0.2) is 11.6 Å².